The number of nitrogens with one attached hydrogen (secondary N) is 2. The van der Waals surface area contributed by atoms with Crippen LogP contribution >= 0.6 is 0 Å². The Bertz CT molecular complexity index is 900. The summed E-state index contributed by atoms with van der Waals surface area (Å²) in [6, 6.07) is 6.34. The highest BCUT2D eigenvalue weighted by atomic mass is 16.6. The van der Waals surface area contributed by atoms with E-state index in [0.717, 1.165) is 31.9 Å². The van der Waals surface area contributed by atoms with Gasteiger partial charge in [-0.05, 0) is 44.1 Å². The van der Waals surface area contributed by atoms with Gasteiger partial charge in [0.05, 0.1) is 9.85 Å². The molecule has 30 heavy (non-hydrogen) atoms. The lowest BCUT2D eigenvalue weighted by Crippen LogP contribution is -2.25. The maximum absolute atomic E-state index is 11.3. The van der Waals surface area contributed by atoms with Gasteiger partial charge in [-0.15, -0.1) is 0 Å². The van der Waals surface area contributed by atoms with Crippen LogP contribution in [0.2, 0.25) is 0 Å². The fourth-order valence-corrected chi connectivity index (χ4v) is 3.65. The maximum Gasteiger partial charge on any atom is 0.329 e. The predicted molar refractivity (Wildman–Crippen MR) is 112 cm³/mol. The number of rotatable bonds is 9. The Labute approximate surface area is 173 Å². The Balaban J connectivity index is 1.67. The number of aromatic nitrogens is 2. The van der Waals surface area contributed by atoms with E-state index in [-0.39, 0.29) is 29.7 Å². The van der Waals surface area contributed by atoms with E-state index in [0.29, 0.717) is 30.5 Å². The molecular weight excluding hydrogens is 390 g/mol. The monoisotopic (exact) mass is 415 g/mol. The van der Waals surface area contributed by atoms with Gasteiger partial charge in [0.1, 0.15) is 6.20 Å². The van der Waals surface area contributed by atoms with Crippen molar-refractivity contribution in [3.05, 3.63) is 56.3 Å². The van der Waals surface area contributed by atoms with Crippen LogP contribution in [0.25, 0.3) is 0 Å². The fraction of sp³-hybridized carbons (Fsp3) is 0.474. The number of hydrogen-bond acceptors (Lipinski definition) is 9. The highest BCUT2D eigenvalue weighted by Gasteiger charge is 2.23. The molecule has 3 rings (SSSR count). The van der Waals surface area contributed by atoms with Gasteiger partial charge in [-0.25, -0.2) is 4.98 Å². The van der Waals surface area contributed by atoms with Gasteiger partial charge in [0.15, 0.2) is 0 Å². The maximum atomic E-state index is 11.3. The van der Waals surface area contributed by atoms with Crippen LogP contribution < -0.4 is 16.4 Å². The second-order valence-electron chi connectivity index (χ2n) is 7.43. The second kappa shape index (κ2) is 9.92. The van der Waals surface area contributed by atoms with E-state index in [1.54, 1.807) is 18.2 Å². The zero-order valence-electron chi connectivity index (χ0n) is 16.5. The lowest BCUT2D eigenvalue weighted by atomic mass is 9.82. The number of nitrogens with two attached hydrogens (primary N) is 1. The molecule has 0 saturated heterocycles. The Morgan fingerprint density at radius 2 is 1.67 bits per heavy atom. The molecular formula is C19H25N7O4. The minimum atomic E-state index is -0.528. The van der Waals surface area contributed by atoms with Crippen LogP contribution in [0.4, 0.5) is 23.1 Å². The number of anilines is 2. The van der Waals surface area contributed by atoms with Crippen molar-refractivity contribution in [1.82, 2.24) is 9.97 Å². The van der Waals surface area contributed by atoms with Crippen LogP contribution in [0.1, 0.15) is 31.2 Å². The van der Waals surface area contributed by atoms with Crippen molar-refractivity contribution >= 4 is 23.1 Å². The van der Waals surface area contributed by atoms with Crippen molar-refractivity contribution in [2.24, 2.45) is 17.6 Å². The molecule has 1 saturated carbocycles. The molecule has 1 heterocycles. The first-order chi connectivity index (χ1) is 14.5. The third kappa shape index (κ3) is 5.38. The molecule has 2 aromatic rings. The normalized spacial score (nSPS) is 18.6. The summed E-state index contributed by atoms with van der Waals surface area (Å²) in [6.07, 6.45) is 5.32. The van der Waals surface area contributed by atoms with E-state index in [4.69, 9.17) is 5.73 Å². The summed E-state index contributed by atoms with van der Waals surface area (Å²) in [4.78, 5) is 29.7. The lowest BCUT2D eigenvalue weighted by Gasteiger charge is -2.27. The van der Waals surface area contributed by atoms with Gasteiger partial charge in [0, 0.05) is 24.7 Å². The first-order valence-electron chi connectivity index (χ1n) is 9.89. The summed E-state index contributed by atoms with van der Waals surface area (Å²) < 4.78 is 0. The van der Waals surface area contributed by atoms with E-state index >= 15 is 0 Å². The van der Waals surface area contributed by atoms with Gasteiger partial charge in [-0.3, -0.25) is 20.2 Å². The van der Waals surface area contributed by atoms with Crippen molar-refractivity contribution in [2.45, 2.75) is 32.2 Å². The molecule has 11 nitrogen and oxygen atoms in total. The zero-order valence-corrected chi connectivity index (χ0v) is 16.5. The van der Waals surface area contributed by atoms with E-state index in [1.807, 2.05) is 0 Å². The molecule has 0 spiro atoms. The highest BCUT2D eigenvalue weighted by molar-refractivity contribution is 5.57. The average Bonchev–Trinajstić information content (AvgIpc) is 2.76. The SMILES string of the molecule is NCC1CCC(CNc2nc(NCc3ccccc3[N+](=O)[O-])ncc2[N+](=O)[O-])CC1. The van der Waals surface area contributed by atoms with Crippen LogP contribution in [0.5, 0.6) is 0 Å². The summed E-state index contributed by atoms with van der Waals surface area (Å²) in [5.74, 6) is 1.27. The van der Waals surface area contributed by atoms with E-state index < -0.39 is 9.85 Å². The third-order valence-electron chi connectivity index (χ3n) is 5.45. The van der Waals surface area contributed by atoms with Gasteiger partial charge in [0.2, 0.25) is 11.8 Å². The van der Waals surface area contributed by atoms with Gasteiger partial charge < -0.3 is 16.4 Å². The number of nitro groups is 2. The van der Waals surface area contributed by atoms with Crippen LogP contribution in [0, 0.1) is 32.1 Å². The molecule has 0 amide bonds. The van der Waals surface area contributed by atoms with Crippen molar-refractivity contribution < 1.29 is 9.85 Å². The number of para-hydroxylation sites is 1. The molecule has 0 atom stereocenters. The van der Waals surface area contributed by atoms with Crippen molar-refractivity contribution in [3.63, 3.8) is 0 Å². The third-order valence-corrected chi connectivity index (χ3v) is 5.45. The summed E-state index contributed by atoms with van der Waals surface area (Å²) in [7, 11) is 0. The molecule has 1 fully saturated rings. The molecule has 1 aliphatic carbocycles. The minimum Gasteiger partial charge on any atom is -0.364 e. The molecule has 1 aliphatic rings. The molecule has 0 unspecified atom stereocenters. The topological polar surface area (TPSA) is 162 Å². The first kappa shape index (κ1) is 21.4. The van der Waals surface area contributed by atoms with Crippen LogP contribution in [0.3, 0.4) is 0 Å². The van der Waals surface area contributed by atoms with Gasteiger partial charge in [-0.2, -0.15) is 4.98 Å². The van der Waals surface area contributed by atoms with Gasteiger partial charge >= 0.3 is 5.69 Å². The standard InChI is InChI=1S/C19H25N7O4/c20-9-13-5-7-14(8-6-13)10-21-18-17(26(29)30)12-23-19(24-18)22-11-15-3-1-2-4-16(15)25(27)28/h1-4,12-14H,5-11,20H2,(H2,21,22,23,24). The van der Waals surface area contributed by atoms with Crippen LogP contribution in [0.15, 0.2) is 30.5 Å². The van der Waals surface area contributed by atoms with Crippen LogP contribution in [-0.4, -0.2) is 32.9 Å². The van der Waals surface area contributed by atoms with Crippen LogP contribution in [-0.2, 0) is 6.54 Å². The van der Waals surface area contributed by atoms with Crippen molar-refractivity contribution in [3.8, 4) is 0 Å². The largest absolute Gasteiger partial charge is 0.364 e. The number of hydrogen-bond donors (Lipinski definition) is 3. The molecule has 11 heteroatoms. The molecule has 1 aromatic heterocycles. The summed E-state index contributed by atoms with van der Waals surface area (Å²) in [6.45, 7) is 1.41. The minimum absolute atomic E-state index is 0.0154. The number of nitro benzene ring substituents is 1. The first-order valence-corrected chi connectivity index (χ1v) is 9.89. The summed E-state index contributed by atoms with van der Waals surface area (Å²) >= 11 is 0. The molecule has 4 N–H and O–H groups in total. The van der Waals surface area contributed by atoms with Crippen molar-refractivity contribution in [2.75, 3.05) is 23.7 Å². The number of benzene rings is 1. The molecule has 0 bridgehead atoms. The fourth-order valence-electron chi connectivity index (χ4n) is 3.65. The molecule has 0 aliphatic heterocycles. The Morgan fingerprint density at radius 1 is 1.00 bits per heavy atom. The summed E-state index contributed by atoms with van der Waals surface area (Å²) in [5.41, 5.74) is 5.97. The summed E-state index contributed by atoms with van der Waals surface area (Å²) in [5, 5.41) is 28.5. The molecule has 160 valence electrons. The zero-order chi connectivity index (χ0) is 21.5. The smallest absolute Gasteiger partial charge is 0.329 e. The lowest BCUT2D eigenvalue weighted by molar-refractivity contribution is -0.385. The van der Waals surface area contributed by atoms with Gasteiger partial charge in [-0.1, -0.05) is 18.2 Å². The van der Waals surface area contributed by atoms with E-state index in [1.165, 1.54) is 6.07 Å². The Kier molecular flexibility index (Phi) is 7.07. The van der Waals surface area contributed by atoms with Gasteiger partial charge in [0.25, 0.3) is 5.69 Å². The predicted octanol–water partition coefficient (Wildman–Crippen LogP) is 3.08. The average molecular weight is 415 g/mol. The quantitative estimate of drug-likeness (QED) is 0.412. The van der Waals surface area contributed by atoms with E-state index in [9.17, 15) is 20.2 Å². The molecule has 0 radical (unpaired) electrons. The Hall–Kier alpha value is -3.34. The van der Waals surface area contributed by atoms with Crippen molar-refractivity contribution in [1.29, 1.82) is 0 Å². The Morgan fingerprint density at radius 3 is 2.33 bits per heavy atom. The molecule has 1 aromatic carbocycles. The highest BCUT2D eigenvalue weighted by Crippen LogP contribution is 2.29. The van der Waals surface area contributed by atoms with E-state index in [2.05, 4.69) is 20.6 Å². The number of nitrogens with zero attached hydrogens (tertiary/aromatic N) is 4. The second-order valence-corrected chi connectivity index (χ2v) is 7.43.